The van der Waals surface area contributed by atoms with E-state index in [0.29, 0.717) is 6.61 Å². The van der Waals surface area contributed by atoms with Gasteiger partial charge < -0.3 is 4.74 Å². The highest BCUT2D eigenvalue weighted by atomic mass is 16.5. The molecule has 0 rings (SSSR count). The Morgan fingerprint density at radius 2 is 2.11 bits per heavy atom. The quantitative estimate of drug-likeness (QED) is 0.576. The number of ether oxygens (including phenoxy) is 1. The van der Waals surface area contributed by atoms with Gasteiger partial charge >= 0.3 is 0 Å². The van der Waals surface area contributed by atoms with E-state index in [-0.39, 0.29) is 5.41 Å². The fourth-order valence-corrected chi connectivity index (χ4v) is 0.413. The minimum atomic E-state index is -0.226. The van der Waals surface area contributed by atoms with Gasteiger partial charge in [-0.3, -0.25) is 0 Å². The Bertz CT molecular complexity index is 113. The van der Waals surface area contributed by atoms with Crippen molar-refractivity contribution in [3.05, 3.63) is 0 Å². The summed E-state index contributed by atoms with van der Waals surface area (Å²) >= 11 is 0. The molecule has 0 aromatic rings. The Hall–Kier alpha value is -0.550. The van der Waals surface area contributed by atoms with Crippen molar-refractivity contribution in [2.45, 2.75) is 20.3 Å². The molecule has 0 saturated carbocycles. The highest BCUT2D eigenvalue weighted by Gasteiger charge is 2.14. The summed E-state index contributed by atoms with van der Waals surface area (Å²) in [5.74, 6) is 0. The van der Waals surface area contributed by atoms with Crippen molar-refractivity contribution in [3.63, 3.8) is 0 Å². The molecule has 52 valence electrons. The SMILES string of the molecule is COCCC(C)(C)C#N. The maximum atomic E-state index is 8.52. The summed E-state index contributed by atoms with van der Waals surface area (Å²) in [5, 5.41) is 8.52. The maximum absolute atomic E-state index is 8.52. The van der Waals surface area contributed by atoms with Crippen LogP contribution in [0.4, 0.5) is 0 Å². The van der Waals surface area contributed by atoms with Gasteiger partial charge in [0.15, 0.2) is 0 Å². The Labute approximate surface area is 56.4 Å². The Balaban J connectivity index is 3.49. The van der Waals surface area contributed by atoms with Crippen LogP contribution < -0.4 is 0 Å². The Morgan fingerprint density at radius 1 is 1.56 bits per heavy atom. The molecule has 0 unspecified atom stereocenters. The largest absolute Gasteiger partial charge is 0.385 e. The van der Waals surface area contributed by atoms with Crippen LogP contribution >= 0.6 is 0 Å². The van der Waals surface area contributed by atoms with Crippen molar-refractivity contribution in [1.29, 1.82) is 5.26 Å². The molecule has 0 spiro atoms. The standard InChI is InChI=1S/C7H13NO/c1-7(2,6-8)4-5-9-3/h4-5H2,1-3H3. The summed E-state index contributed by atoms with van der Waals surface area (Å²) in [6.45, 7) is 4.48. The molecule has 2 heteroatoms. The molecule has 0 N–H and O–H groups in total. The molecule has 0 radical (unpaired) electrons. The van der Waals surface area contributed by atoms with Crippen LogP contribution in [0.5, 0.6) is 0 Å². The molecular weight excluding hydrogens is 114 g/mol. The zero-order valence-corrected chi connectivity index (χ0v) is 6.27. The van der Waals surface area contributed by atoms with Crippen LogP contribution in [0.15, 0.2) is 0 Å². The smallest absolute Gasteiger partial charge is 0.0684 e. The van der Waals surface area contributed by atoms with Gasteiger partial charge in [0.05, 0.1) is 11.5 Å². The number of nitrogens with zero attached hydrogens (tertiary/aromatic N) is 1. The second kappa shape index (κ2) is 3.47. The first-order chi connectivity index (χ1) is 4.12. The van der Waals surface area contributed by atoms with Gasteiger partial charge in [0.1, 0.15) is 0 Å². The van der Waals surface area contributed by atoms with Gasteiger partial charge in [-0.25, -0.2) is 0 Å². The van der Waals surface area contributed by atoms with E-state index in [1.54, 1.807) is 7.11 Å². The summed E-state index contributed by atoms with van der Waals surface area (Å²) in [4.78, 5) is 0. The molecule has 0 aliphatic rings. The lowest BCUT2D eigenvalue weighted by atomic mass is 9.92. The molecule has 2 nitrogen and oxygen atoms in total. The molecular formula is C7H13NO. The Kier molecular flexibility index (Phi) is 3.26. The topological polar surface area (TPSA) is 33.0 Å². The van der Waals surface area contributed by atoms with E-state index in [0.717, 1.165) is 6.42 Å². The predicted molar refractivity (Wildman–Crippen MR) is 35.9 cm³/mol. The lowest BCUT2D eigenvalue weighted by Gasteiger charge is -2.12. The normalized spacial score (nSPS) is 10.9. The third kappa shape index (κ3) is 3.99. The van der Waals surface area contributed by atoms with Crippen LogP contribution in [0.2, 0.25) is 0 Å². The number of hydrogen-bond acceptors (Lipinski definition) is 2. The minimum Gasteiger partial charge on any atom is -0.385 e. The first-order valence-electron chi connectivity index (χ1n) is 3.02. The summed E-state index contributed by atoms with van der Waals surface area (Å²) in [6, 6.07) is 2.20. The molecule has 9 heavy (non-hydrogen) atoms. The summed E-state index contributed by atoms with van der Waals surface area (Å²) in [6.07, 6.45) is 0.806. The molecule has 0 atom stereocenters. The lowest BCUT2D eigenvalue weighted by molar-refractivity contribution is 0.170. The average molecular weight is 127 g/mol. The molecule has 0 aliphatic heterocycles. The van der Waals surface area contributed by atoms with Gasteiger partial charge in [0, 0.05) is 13.7 Å². The number of rotatable bonds is 3. The average Bonchev–Trinajstić information content (AvgIpc) is 1.84. The van der Waals surface area contributed by atoms with E-state index in [1.165, 1.54) is 0 Å². The van der Waals surface area contributed by atoms with Crippen molar-refractivity contribution < 1.29 is 4.74 Å². The zero-order valence-electron chi connectivity index (χ0n) is 6.27. The first-order valence-corrected chi connectivity index (χ1v) is 3.02. The summed E-state index contributed by atoms with van der Waals surface area (Å²) in [7, 11) is 1.65. The molecule has 0 aliphatic carbocycles. The Morgan fingerprint density at radius 3 is 2.44 bits per heavy atom. The van der Waals surface area contributed by atoms with Gasteiger partial charge in [-0.2, -0.15) is 5.26 Å². The van der Waals surface area contributed by atoms with Crippen molar-refractivity contribution in [3.8, 4) is 6.07 Å². The first kappa shape index (κ1) is 8.45. The molecule has 0 fully saturated rings. The summed E-state index contributed by atoms with van der Waals surface area (Å²) in [5.41, 5.74) is -0.226. The molecule has 0 heterocycles. The van der Waals surface area contributed by atoms with Crippen LogP contribution in [0.3, 0.4) is 0 Å². The third-order valence-corrected chi connectivity index (χ3v) is 1.23. The van der Waals surface area contributed by atoms with Crippen LogP contribution in [0, 0.1) is 16.7 Å². The zero-order chi connectivity index (χ0) is 7.33. The van der Waals surface area contributed by atoms with Gasteiger partial charge in [0.2, 0.25) is 0 Å². The monoisotopic (exact) mass is 127 g/mol. The van der Waals surface area contributed by atoms with Crippen LogP contribution in [-0.2, 0) is 4.74 Å². The van der Waals surface area contributed by atoms with Crippen molar-refractivity contribution >= 4 is 0 Å². The van der Waals surface area contributed by atoms with Crippen molar-refractivity contribution in [1.82, 2.24) is 0 Å². The van der Waals surface area contributed by atoms with Crippen molar-refractivity contribution in [2.75, 3.05) is 13.7 Å². The highest BCUT2D eigenvalue weighted by molar-refractivity contribution is 4.91. The van der Waals surface area contributed by atoms with E-state index in [4.69, 9.17) is 10.00 Å². The molecule has 0 amide bonds. The van der Waals surface area contributed by atoms with E-state index in [2.05, 4.69) is 6.07 Å². The van der Waals surface area contributed by atoms with Crippen LogP contribution in [-0.4, -0.2) is 13.7 Å². The third-order valence-electron chi connectivity index (χ3n) is 1.23. The fourth-order valence-electron chi connectivity index (χ4n) is 0.413. The minimum absolute atomic E-state index is 0.226. The number of nitriles is 1. The number of hydrogen-bond donors (Lipinski definition) is 0. The van der Waals surface area contributed by atoms with Crippen LogP contribution in [0.1, 0.15) is 20.3 Å². The van der Waals surface area contributed by atoms with E-state index in [1.807, 2.05) is 13.8 Å². The molecule has 0 bridgehead atoms. The van der Waals surface area contributed by atoms with E-state index < -0.39 is 0 Å². The molecule has 0 saturated heterocycles. The van der Waals surface area contributed by atoms with E-state index >= 15 is 0 Å². The fraction of sp³-hybridized carbons (Fsp3) is 0.857. The predicted octanol–water partition coefficient (Wildman–Crippen LogP) is 1.57. The van der Waals surface area contributed by atoms with E-state index in [9.17, 15) is 0 Å². The second-order valence-electron chi connectivity index (χ2n) is 2.74. The van der Waals surface area contributed by atoms with Gasteiger partial charge in [-0.15, -0.1) is 0 Å². The van der Waals surface area contributed by atoms with Gasteiger partial charge in [0.25, 0.3) is 0 Å². The lowest BCUT2D eigenvalue weighted by Crippen LogP contribution is -2.10. The van der Waals surface area contributed by atoms with Gasteiger partial charge in [-0.1, -0.05) is 0 Å². The summed E-state index contributed by atoms with van der Waals surface area (Å²) < 4.78 is 4.83. The second-order valence-corrected chi connectivity index (χ2v) is 2.74. The maximum Gasteiger partial charge on any atom is 0.0684 e. The molecule has 0 aromatic carbocycles. The van der Waals surface area contributed by atoms with Gasteiger partial charge in [-0.05, 0) is 20.3 Å². The van der Waals surface area contributed by atoms with Crippen molar-refractivity contribution in [2.24, 2.45) is 5.41 Å². The van der Waals surface area contributed by atoms with Crippen LogP contribution in [0.25, 0.3) is 0 Å². The molecule has 0 aromatic heterocycles. The number of methoxy groups -OCH3 is 1. The highest BCUT2D eigenvalue weighted by Crippen LogP contribution is 2.17.